The van der Waals surface area contributed by atoms with Crippen LogP contribution in [-0.4, -0.2) is 13.0 Å². The van der Waals surface area contributed by atoms with Gasteiger partial charge in [-0.15, -0.1) is 0 Å². The molecule has 0 aliphatic rings. The van der Waals surface area contributed by atoms with Crippen molar-refractivity contribution in [1.29, 1.82) is 0 Å². The van der Waals surface area contributed by atoms with E-state index >= 15 is 0 Å². The van der Waals surface area contributed by atoms with Gasteiger partial charge in [-0.05, 0) is 0 Å². The van der Waals surface area contributed by atoms with E-state index in [4.69, 9.17) is 13.0 Å². The second-order valence-electron chi connectivity index (χ2n) is 1.57. The van der Waals surface area contributed by atoms with E-state index in [9.17, 15) is 0 Å². The van der Waals surface area contributed by atoms with Crippen LogP contribution in [0.3, 0.4) is 0 Å². The van der Waals surface area contributed by atoms with Crippen molar-refractivity contribution in [2.24, 2.45) is 0 Å². The molecule has 0 bridgehead atoms. The molecule has 0 saturated heterocycles. The van der Waals surface area contributed by atoms with Crippen molar-refractivity contribution >= 4 is 20.0 Å². The summed E-state index contributed by atoms with van der Waals surface area (Å²) in [5.41, 5.74) is 0. The van der Waals surface area contributed by atoms with Crippen molar-refractivity contribution in [2.75, 3.05) is 0 Å². The van der Waals surface area contributed by atoms with E-state index in [2.05, 4.69) is 10.7 Å². The standard InChI is InChI=1S/C6H6.ClHO3S/c1-2-4-6-5-3-1;1-5(2,3)4/h1-6H;(H,2,3,4). The molecule has 0 heterocycles. The molecule has 1 aromatic carbocycles. The van der Waals surface area contributed by atoms with Crippen LogP contribution in [0.2, 0.25) is 0 Å². The summed E-state index contributed by atoms with van der Waals surface area (Å²) < 4.78 is 25.2. The van der Waals surface area contributed by atoms with E-state index < -0.39 is 9.33 Å². The first-order valence-corrected chi connectivity index (χ1v) is 4.94. The molecule has 11 heavy (non-hydrogen) atoms. The summed E-state index contributed by atoms with van der Waals surface area (Å²) in [6, 6.07) is 12.0. The van der Waals surface area contributed by atoms with Gasteiger partial charge in [0.1, 0.15) is 0 Å². The van der Waals surface area contributed by atoms with E-state index in [-0.39, 0.29) is 0 Å². The first-order chi connectivity index (χ1) is 5.00. The number of hydrogen-bond acceptors (Lipinski definition) is 2. The molecule has 5 heteroatoms. The van der Waals surface area contributed by atoms with E-state index in [1.807, 2.05) is 36.4 Å². The summed E-state index contributed by atoms with van der Waals surface area (Å²) >= 11 is 0. The Kier molecular flexibility index (Phi) is 4.85. The zero-order valence-electron chi connectivity index (χ0n) is 5.51. The Bertz CT molecular complexity index is 234. The molecule has 0 atom stereocenters. The van der Waals surface area contributed by atoms with Gasteiger partial charge in [-0.25, -0.2) is 0 Å². The fraction of sp³-hybridized carbons (Fsp3) is 0. The van der Waals surface area contributed by atoms with Crippen LogP contribution in [0.5, 0.6) is 0 Å². The van der Waals surface area contributed by atoms with Gasteiger partial charge in [0.2, 0.25) is 0 Å². The van der Waals surface area contributed by atoms with Crippen molar-refractivity contribution in [3.63, 3.8) is 0 Å². The smallest absolute Gasteiger partial charge is 0.273 e. The SMILES string of the molecule is O=S(=O)(O)Cl.c1ccccc1. The lowest BCUT2D eigenvalue weighted by Gasteiger charge is -1.69. The van der Waals surface area contributed by atoms with Gasteiger partial charge in [0.15, 0.2) is 0 Å². The van der Waals surface area contributed by atoms with Crippen molar-refractivity contribution in [3.8, 4) is 0 Å². The predicted molar refractivity (Wildman–Crippen MR) is 43.8 cm³/mol. The lowest BCUT2D eigenvalue weighted by molar-refractivity contribution is 0.501. The first-order valence-electron chi connectivity index (χ1n) is 2.67. The summed E-state index contributed by atoms with van der Waals surface area (Å²) in [6.45, 7) is 0. The number of halogens is 1. The highest BCUT2D eigenvalue weighted by molar-refractivity contribution is 8.09. The maximum absolute atomic E-state index is 8.95. The molecule has 3 nitrogen and oxygen atoms in total. The molecule has 1 N–H and O–H groups in total. The monoisotopic (exact) mass is 194 g/mol. The van der Waals surface area contributed by atoms with Crippen LogP contribution in [0.15, 0.2) is 36.4 Å². The van der Waals surface area contributed by atoms with E-state index in [0.29, 0.717) is 0 Å². The molecule has 1 rings (SSSR count). The Morgan fingerprint density at radius 1 is 0.909 bits per heavy atom. The number of rotatable bonds is 0. The quantitative estimate of drug-likeness (QED) is 0.505. The largest absolute Gasteiger partial charge is 0.353 e. The van der Waals surface area contributed by atoms with Gasteiger partial charge in [-0.2, -0.15) is 8.42 Å². The molecule has 1 aromatic rings. The van der Waals surface area contributed by atoms with Crippen LogP contribution >= 0.6 is 10.7 Å². The van der Waals surface area contributed by atoms with Crippen LogP contribution in [0.4, 0.5) is 0 Å². The lowest BCUT2D eigenvalue weighted by atomic mass is 10.4. The maximum atomic E-state index is 8.95. The minimum Gasteiger partial charge on any atom is -0.273 e. The summed E-state index contributed by atoms with van der Waals surface area (Å²) in [5, 5.41) is 0. The third-order valence-corrected chi connectivity index (χ3v) is 0.667. The molecular formula is C6H7ClO3S. The summed E-state index contributed by atoms with van der Waals surface area (Å²) in [7, 11) is -0.137. The zero-order valence-corrected chi connectivity index (χ0v) is 7.09. The van der Waals surface area contributed by atoms with Crippen LogP contribution in [0.25, 0.3) is 0 Å². The molecular weight excluding hydrogens is 188 g/mol. The Balaban J connectivity index is 0.000000187. The zero-order chi connectivity index (χ0) is 8.74. The minimum absolute atomic E-state index is 2.00. The molecule has 0 spiro atoms. The third kappa shape index (κ3) is 17.7. The maximum Gasteiger partial charge on any atom is 0.353 e. The van der Waals surface area contributed by atoms with E-state index in [1.165, 1.54) is 0 Å². The Morgan fingerprint density at radius 3 is 1.09 bits per heavy atom. The first kappa shape index (κ1) is 10.4. The normalized spacial score (nSPS) is 9.64. The second-order valence-corrected chi connectivity index (χ2v) is 3.56. The summed E-state index contributed by atoms with van der Waals surface area (Å²) in [4.78, 5) is 0. The van der Waals surface area contributed by atoms with Gasteiger partial charge in [-0.3, -0.25) is 4.55 Å². The summed E-state index contributed by atoms with van der Waals surface area (Å²) in [6.07, 6.45) is 0. The molecule has 62 valence electrons. The highest BCUT2D eigenvalue weighted by atomic mass is 35.7. The molecule has 0 unspecified atom stereocenters. The molecule has 0 aromatic heterocycles. The predicted octanol–water partition coefficient (Wildman–Crippen LogP) is 1.71. The lowest BCUT2D eigenvalue weighted by Crippen LogP contribution is -1.77. The van der Waals surface area contributed by atoms with Gasteiger partial charge in [0, 0.05) is 10.7 Å². The second kappa shape index (κ2) is 5.12. The molecule has 0 aliphatic heterocycles. The van der Waals surface area contributed by atoms with Crippen molar-refractivity contribution in [2.45, 2.75) is 0 Å². The highest BCUT2D eigenvalue weighted by Gasteiger charge is 1.86. The van der Waals surface area contributed by atoms with Gasteiger partial charge in [0.25, 0.3) is 0 Å². The molecule has 0 fully saturated rings. The Labute approximate surface area is 69.9 Å². The summed E-state index contributed by atoms with van der Waals surface area (Å²) in [5.74, 6) is 0. The Hall–Kier alpha value is -0.580. The molecule has 0 amide bonds. The topological polar surface area (TPSA) is 54.4 Å². The average molecular weight is 195 g/mol. The van der Waals surface area contributed by atoms with Gasteiger partial charge in [-0.1, -0.05) is 36.4 Å². The molecule has 0 aliphatic carbocycles. The van der Waals surface area contributed by atoms with Crippen LogP contribution < -0.4 is 0 Å². The van der Waals surface area contributed by atoms with Gasteiger partial charge < -0.3 is 0 Å². The van der Waals surface area contributed by atoms with Crippen molar-refractivity contribution < 1.29 is 13.0 Å². The van der Waals surface area contributed by atoms with E-state index in [1.54, 1.807) is 0 Å². The number of hydrogen-bond donors (Lipinski definition) is 1. The van der Waals surface area contributed by atoms with Crippen molar-refractivity contribution in [1.82, 2.24) is 0 Å². The molecule has 0 radical (unpaired) electrons. The highest BCUT2D eigenvalue weighted by Crippen LogP contribution is 1.82. The molecule has 0 saturated carbocycles. The van der Waals surface area contributed by atoms with Crippen LogP contribution in [0.1, 0.15) is 0 Å². The van der Waals surface area contributed by atoms with Crippen molar-refractivity contribution in [3.05, 3.63) is 36.4 Å². The van der Waals surface area contributed by atoms with E-state index in [0.717, 1.165) is 0 Å². The fourth-order valence-electron chi connectivity index (χ4n) is 0.385. The van der Waals surface area contributed by atoms with Gasteiger partial charge in [0.05, 0.1) is 0 Å². The number of benzene rings is 1. The third-order valence-electron chi connectivity index (χ3n) is 0.667. The fourth-order valence-corrected chi connectivity index (χ4v) is 0.385. The van der Waals surface area contributed by atoms with Crippen LogP contribution in [0, 0.1) is 0 Å². The average Bonchev–Trinajstić information content (AvgIpc) is 1.88. The minimum atomic E-state index is -4.19. The van der Waals surface area contributed by atoms with Gasteiger partial charge >= 0.3 is 9.33 Å². The Morgan fingerprint density at radius 2 is 1.00 bits per heavy atom. The van der Waals surface area contributed by atoms with Crippen LogP contribution in [-0.2, 0) is 9.33 Å².